The molecule has 3 aromatic rings. The van der Waals surface area contributed by atoms with Gasteiger partial charge in [-0.2, -0.15) is 0 Å². The number of hydrogen-bond acceptors (Lipinski definition) is 7. The molecule has 0 saturated heterocycles. The predicted molar refractivity (Wildman–Crippen MR) is 109 cm³/mol. The van der Waals surface area contributed by atoms with Gasteiger partial charge in [-0.15, -0.1) is 24.5 Å². The highest BCUT2D eigenvalue weighted by molar-refractivity contribution is 7.14. The van der Waals surface area contributed by atoms with Crippen molar-refractivity contribution in [1.82, 2.24) is 10.3 Å². The van der Waals surface area contributed by atoms with Gasteiger partial charge in [-0.3, -0.25) is 4.79 Å². The zero-order valence-corrected chi connectivity index (χ0v) is 17.3. The predicted octanol–water partition coefficient (Wildman–Crippen LogP) is 4.73. The summed E-state index contributed by atoms with van der Waals surface area (Å²) in [5.41, 5.74) is 1.53. The molecule has 0 atom stereocenters. The summed E-state index contributed by atoms with van der Waals surface area (Å²) in [4.78, 5) is 16.6. The van der Waals surface area contributed by atoms with E-state index in [4.69, 9.17) is 9.47 Å². The molecule has 1 heterocycles. The third-order valence-electron chi connectivity index (χ3n) is 3.98. The molecule has 2 N–H and O–H groups in total. The first kappa shape index (κ1) is 22.2. The lowest BCUT2D eigenvalue weighted by Gasteiger charge is -2.10. The maximum atomic E-state index is 12.3. The Morgan fingerprint density at radius 3 is 2.42 bits per heavy atom. The monoisotopic (exact) mass is 453 g/mol. The number of carbonyl (C=O) groups excluding carboxylic acids is 1. The van der Waals surface area contributed by atoms with Crippen LogP contribution in [0.1, 0.15) is 16.1 Å². The molecular weight excluding hydrogens is 435 g/mol. The Hall–Kier alpha value is -3.47. The Labute approximate surface area is 179 Å². The van der Waals surface area contributed by atoms with E-state index in [-0.39, 0.29) is 18.0 Å². The van der Waals surface area contributed by atoms with Crippen LogP contribution in [-0.2, 0) is 6.54 Å². The summed E-state index contributed by atoms with van der Waals surface area (Å²) in [5, 5.41) is 7.86. The lowest BCUT2D eigenvalue weighted by molar-refractivity contribution is -0.274. The van der Waals surface area contributed by atoms with Crippen molar-refractivity contribution in [1.29, 1.82) is 0 Å². The fourth-order valence-corrected chi connectivity index (χ4v) is 3.27. The second-order valence-electron chi connectivity index (χ2n) is 6.11. The van der Waals surface area contributed by atoms with E-state index >= 15 is 0 Å². The first-order chi connectivity index (χ1) is 14.8. The van der Waals surface area contributed by atoms with Crippen LogP contribution in [0.5, 0.6) is 17.2 Å². The Balaban J connectivity index is 1.57. The molecule has 1 aromatic heterocycles. The van der Waals surface area contributed by atoms with Gasteiger partial charge in [0.15, 0.2) is 16.6 Å². The van der Waals surface area contributed by atoms with Crippen LogP contribution in [0.25, 0.3) is 0 Å². The SMILES string of the molecule is COc1ccc(Nc2nc(C(=O)NCc3ccc(OC(F)(F)F)cc3)cs2)cc1OC. The van der Waals surface area contributed by atoms with Crippen LogP contribution in [0.3, 0.4) is 0 Å². The van der Waals surface area contributed by atoms with Crippen molar-refractivity contribution in [3.8, 4) is 17.2 Å². The van der Waals surface area contributed by atoms with Crippen LogP contribution in [0.15, 0.2) is 47.8 Å². The van der Waals surface area contributed by atoms with Crippen LogP contribution in [-0.4, -0.2) is 31.5 Å². The minimum absolute atomic E-state index is 0.126. The molecule has 0 spiro atoms. The third-order valence-corrected chi connectivity index (χ3v) is 4.74. The van der Waals surface area contributed by atoms with Crippen LogP contribution >= 0.6 is 11.3 Å². The molecule has 0 aliphatic heterocycles. The lowest BCUT2D eigenvalue weighted by Crippen LogP contribution is -2.23. The molecule has 0 aliphatic rings. The van der Waals surface area contributed by atoms with Crippen LogP contribution in [0, 0.1) is 0 Å². The standard InChI is InChI=1S/C20H18F3N3O4S/c1-28-16-8-5-13(9-17(16)29-2)25-19-26-15(11-31-19)18(27)24-10-12-3-6-14(7-4-12)30-20(21,22)23/h3-9,11H,10H2,1-2H3,(H,24,27)(H,25,26). The van der Waals surface area contributed by atoms with Crippen molar-refractivity contribution < 1.29 is 32.2 Å². The van der Waals surface area contributed by atoms with E-state index in [2.05, 4.69) is 20.4 Å². The summed E-state index contributed by atoms with van der Waals surface area (Å²) in [5.74, 6) is 0.402. The highest BCUT2D eigenvalue weighted by Crippen LogP contribution is 2.31. The second-order valence-corrected chi connectivity index (χ2v) is 6.97. The normalized spacial score (nSPS) is 11.0. The molecule has 0 radical (unpaired) electrons. The van der Waals surface area contributed by atoms with Crippen LogP contribution in [0.2, 0.25) is 0 Å². The molecule has 11 heteroatoms. The first-order valence-corrected chi connectivity index (χ1v) is 9.73. The van der Waals surface area contributed by atoms with Crippen LogP contribution in [0.4, 0.5) is 24.0 Å². The molecule has 31 heavy (non-hydrogen) atoms. The van der Waals surface area contributed by atoms with Gasteiger partial charge in [0.2, 0.25) is 0 Å². The molecule has 2 aromatic carbocycles. The molecule has 1 amide bonds. The Kier molecular flexibility index (Phi) is 6.85. The minimum Gasteiger partial charge on any atom is -0.493 e. The van der Waals surface area contributed by atoms with E-state index in [9.17, 15) is 18.0 Å². The Bertz CT molecular complexity index is 1040. The van der Waals surface area contributed by atoms with Crippen molar-refractivity contribution in [2.45, 2.75) is 12.9 Å². The number of thiazole rings is 1. The molecule has 0 fully saturated rings. The maximum Gasteiger partial charge on any atom is 0.573 e. The van der Waals surface area contributed by atoms with Gasteiger partial charge in [0, 0.05) is 23.7 Å². The number of carbonyl (C=O) groups is 1. The van der Waals surface area contributed by atoms with E-state index in [0.29, 0.717) is 27.9 Å². The molecule has 0 aliphatic carbocycles. The number of halogens is 3. The Morgan fingerprint density at radius 1 is 1.06 bits per heavy atom. The van der Waals surface area contributed by atoms with Gasteiger partial charge in [0.05, 0.1) is 14.2 Å². The fourth-order valence-electron chi connectivity index (χ4n) is 2.55. The van der Waals surface area contributed by atoms with E-state index in [1.165, 1.54) is 42.7 Å². The van der Waals surface area contributed by atoms with Gasteiger partial charge in [-0.05, 0) is 29.8 Å². The van der Waals surface area contributed by atoms with E-state index in [1.807, 2.05) is 0 Å². The zero-order valence-electron chi connectivity index (χ0n) is 16.4. The number of ether oxygens (including phenoxy) is 3. The molecule has 0 bridgehead atoms. The van der Waals surface area contributed by atoms with E-state index in [1.54, 1.807) is 30.7 Å². The maximum absolute atomic E-state index is 12.3. The number of alkyl halides is 3. The average Bonchev–Trinajstić information content (AvgIpc) is 3.20. The van der Waals surface area contributed by atoms with Gasteiger partial charge in [-0.25, -0.2) is 4.98 Å². The number of anilines is 2. The topological polar surface area (TPSA) is 81.7 Å². The van der Waals surface area contributed by atoms with Gasteiger partial charge in [-0.1, -0.05) is 12.1 Å². The average molecular weight is 453 g/mol. The molecule has 0 saturated carbocycles. The van der Waals surface area contributed by atoms with E-state index < -0.39 is 12.3 Å². The molecule has 0 unspecified atom stereocenters. The largest absolute Gasteiger partial charge is 0.573 e. The summed E-state index contributed by atoms with van der Waals surface area (Å²) in [6, 6.07) is 10.5. The minimum atomic E-state index is -4.75. The lowest BCUT2D eigenvalue weighted by atomic mass is 10.2. The first-order valence-electron chi connectivity index (χ1n) is 8.85. The van der Waals surface area contributed by atoms with E-state index in [0.717, 1.165) is 0 Å². The second kappa shape index (κ2) is 9.56. The number of methoxy groups -OCH3 is 2. The van der Waals surface area contributed by atoms with Crippen molar-refractivity contribution in [3.63, 3.8) is 0 Å². The summed E-state index contributed by atoms with van der Waals surface area (Å²) < 4.78 is 50.8. The van der Waals surface area contributed by atoms with Crippen LogP contribution < -0.4 is 24.8 Å². The van der Waals surface area contributed by atoms with Crippen molar-refractivity contribution >= 4 is 28.1 Å². The smallest absolute Gasteiger partial charge is 0.493 e. The highest BCUT2D eigenvalue weighted by Gasteiger charge is 2.30. The number of nitrogens with zero attached hydrogens (tertiary/aromatic N) is 1. The van der Waals surface area contributed by atoms with Crippen molar-refractivity contribution in [2.24, 2.45) is 0 Å². The highest BCUT2D eigenvalue weighted by atomic mass is 32.1. The summed E-state index contributed by atoms with van der Waals surface area (Å²) >= 11 is 1.25. The number of nitrogens with one attached hydrogen (secondary N) is 2. The molecule has 7 nitrogen and oxygen atoms in total. The number of amides is 1. The quantitative estimate of drug-likeness (QED) is 0.513. The van der Waals surface area contributed by atoms with Crippen molar-refractivity contribution in [3.05, 3.63) is 59.1 Å². The van der Waals surface area contributed by atoms with Gasteiger partial charge < -0.3 is 24.8 Å². The zero-order chi connectivity index (χ0) is 22.4. The number of aromatic nitrogens is 1. The van der Waals surface area contributed by atoms with Gasteiger partial charge in [0.25, 0.3) is 5.91 Å². The fraction of sp³-hybridized carbons (Fsp3) is 0.200. The molecule has 164 valence electrons. The third kappa shape index (κ3) is 6.25. The summed E-state index contributed by atoms with van der Waals surface area (Å²) in [7, 11) is 3.08. The Morgan fingerprint density at radius 2 is 1.77 bits per heavy atom. The van der Waals surface area contributed by atoms with Gasteiger partial charge in [0.1, 0.15) is 11.4 Å². The van der Waals surface area contributed by atoms with Crippen molar-refractivity contribution in [2.75, 3.05) is 19.5 Å². The summed E-state index contributed by atoms with van der Waals surface area (Å²) in [6.45, 7) is 0.126. The number of hydrogen-bond donors (Lipinski definition) is 2. The number of benzene rings is 2. The molecular formula is C20H18F3N3O4S. The number of rotatable bonds is 8. The molecule has 3 rings (SSSR count). The van der Waals surface area contributed by atoms with Gasteiger partial charge >= 0.3 is 6.36 Å². The summed E-state index contributed by atoms with van der Waals surface area (Å²) in [6.07, 6.45) is -4.75.